The number of fused-ring (bicyclic) bond motifs is 4. The maximum Gasteiger partial charge on any atom is 0.241 e. The second-order valence-electron chi connectivity index (χ2n) is 12.7. The van der Waals surface area contributed by atoms with Crippen LogP contribution in [0.4, 0.5) is 15.8 Å². The summed E-state index contributed by atoms with van der Waals surface area (Å²) in [7, 11) is 0. The zero-order valence-corrected chi connectivity index (χ0v) is 26.2. The quantitative estimate of drug-likeness (QED) is 0.247. The Morgan fingerprint density at radius 3 is 2.24 bits per heavy atom. The summed E-state index contributed by atoms with van der Waals surface area (Å²) < 4.78 is 14.1. The molecule has 1 N–H and O–H groups in total. The number of imide groups is 2. The number of aromatic hydroxyl groups is 1. The third kappa shape index (κ3) is 4.08. The predicted octanol–water partition coefficient (Wildman–Crippen LogP) is 6.89. The van der Waals surface area contributed by atoms with Crippen LogP contribution in [-0.4, -0.2) is 28.7 Å². The minimum atomic E-state index is -1.35. The summed E-state index contributed by atoms with van der Waals surface area (Å²) in [5.74, 6) is -6.04. The summed E-state index contributed by atoms with van der Waals surface area (Å²) >= 11 is 12.4. The maximum absolute atomic E-state index is 14.5. The molecule has 3 aromatic rings. The van der Waals surface area contributed by atoms with E-state index in [0.717, 1.165) is 22.1 Å². The lowest BCUT2D eigenvalue weighted by molar-refractivity contribution is -0.131. The van der Waals surface area contributed by atoms with E-state index in [4.69, 9.17) is 23.2 Å². The van der Waals surface area contributed by atoms with Gasteiger partial charge in [0.15, 0.2) is 0 Å². The van der Waals surface area contributed by atoms with Gasteiger partial charge < -0.3 is 5.11 Å². The number of amides is 4. The Bertz CT molecular complexity index is 1890. The molecule has 4 aliphatic rings. The van der Waals surface area contributed by atoms with Crippen LogP contribution in [0, 0.1) is 48.8 Å². The number of rotatable bonds is 3. The van der Waals surface area contributed by atoms with Crippen molar-refractivity contribution in [3.8, 4) is 5.75 Å². The number of benzene rings is 3. The number of phenols is 1. The van der Waals surface area contributed by atoms with Gasteiger partial charge in [0.2, 0.25) is 23.6 Å². The molecule has 3 aromatic carbocycles. The van der Waals surface area contributed by atoms with E-state index in [1.165, 1.54) is 17.0 Å². The molecule has 230 valence electrons. The number of halogens is 3. The van der Waals surface area contributed by atoms with Crippen LogP contribution in [0.3, 0.4) is 0 Å². The van der Waals surface area contributed by atoms with Gasteiger partial charge in [-0.25, -0.2) is 14.2 Å². The molecule has 0 bridgehead atoms. The number of carbonyl (C=O) groups excluding carboxylic acids is 4. The van der Waals surface area contributed by atoms with E-state index in [-0.39, 0.29) is 41.1 Å². The summed E-state index contributed by atoms with van der Waals surface area (Å²) in [5.41, 5.74) is 1.80. The average molecular weight is 648 g/mol. The SMILES string of the molecule is Cc1ccc(N2C(=O)C3CC=C4C(CC5C(=O)N(c6ccc(F)c(Cl)c6)C(=O)C5(C)C4c4cccc(C)c4O)C3C2=O)cc1Cl. The Labute approximate surface area is 269 Å². The topological polar surface area (TPSA) is 95.0 Å². The van der Waals surface area contributed by atoms with Gasteiger partial charge in [0, 0.05) is 16.5 Å². The van der Waals surface area contributed by atoms with Crippen LogP contribution in [0.1, 0.15) is 42.4 Å². The van der Waals surface area contributed by atoms with Crippen molar-refractivity contribution in [2.75, 3.05) is 9.80 Å². The molecule has 1 saturated carbocycles. The van der Waals surface area contributed by atoms with Crippen LogP contribution in [0.25, 0.3) is 0 Å². The summed E-state index contributed by atoms with van der Waals surface area (Å²) in [6, 6.07) is 14.0. The standard InChI is InChI=1S/C35H29Cl2FN2O5/c1-16-7-8-18(13-25(16)36)39-31(42)21-11-10-20-23(28(21)33(39)44)15-24-32(43)40(19-9-12-27(38)26(37)14-19)34(45)35(24,3)29(20)22-6-4-5-17(2)30(22)41/h4-10,12-14,21,23-24,28-29,41H,11,15H2,1-3H3. The highest BCUT2D eigenvalue weighted by molar-refractivity contribution is 6.32. The fourth-order valence-electron chi connectivity index (χ4n) is 8.12. The average Bonchev–Trinajstić information content (AvgIpc) is 3.37. The summed E-state index contributed by atoms with van der Waals surface area (Å²) in [6.07, 6.45) is 2.33. The molecule has 3 fully saturated rings. The molecule has 2 heterocycles. The lowest BCUT2D eigenvalue weighted by atomic mass is 9.51. The molecule has 2 aliphatic heterocycles. The molecular weight excluding hydrogens is 618 g/mol. The Balaban J connectivity index is 1.38. The van der Waals surface area contributed by atoms with Gasteiger partial charge in [-0.1, -0.05) is 59.1 Å². The van der Waals surface area contributed by atoms with Gasteiger partial charge in [0.1, 0.15) is 11.6 Å². The summed E-state index contributed by atoms with van der Waals surface area (Å²) in [4.78, 5) is 59.0. The lowest BCUT2D eigenvalue weighted by Crippen LogP contribution is -2.49. The van der Waals surface area contributed by atoms with Crippen molar-refractivity contribution in [1.82, 2.24) is 0 Å². The van der Waals surface area contributed by atoms with Crippen molar-refractivity contribution in [3.05, 3.63) is 98.8 Å². The number of allylic oxidation sites excluding steroid dienone is 2. The molecule has 4 amide bonds. The van der Waals surface area contributed by atoms with Crippen LogP contribution in [-0.2, 0) is 19.2 Å². The molecule has 2 aliphatic carbocycles. The highest BCUT2D eigenvalue weighted by atomic mass is 35.5. The van der Waals surface area contributed by atoms with E-state index < -0.39 is 52.6 Å². The summed E-state index contributed by atoms with van der Waals surface area (Å²) in [6.45, 7) is 5.31. The van der Waals surface area contributed by atoms with E-state index in [9.17, 15) is 28.7 Å². The molecule has 7 rings (SSSR count). The van der Waals surface area contributed by atoms with Gasteiger partial charge in [-0.2, -0.15) is 0 Å². The van der Waals surface area contributed by atoms with Gasteiger partial charge in [0.25, 0.3) is 0 Å². The third-order valence-corrected chi connectivity index (χ3v) is 11.1. The zero-order valence-electron chi connectivity index (χ0n) is 24.7. The van der Waals surface area contributed by atoms with E-state index in [1.54, 1.807) is 50.2 Å². The molecule has 0 aromatic heterocycles. The molecule has 10 heteroatoms. The van der Waals surface area contributed by atoms with Gasteiger partial charge in [-0.15, -0.1) is 0 Å². The fourth-order valence-corrected chi connectivity index (χ4v) is 8.47. The monoisotopic (exact) mass is 646 g/mol. The first-order valence-electron chi connectivity index (χ1n) is 14.8. The second kappa shape index (κ2) is 10.3. The first kappa shape index (κ1) is 29.7. The van der Waals surface area contributed by atoms with Crippen LogP contribution < -0.4 is 9.80 Å². The molecule has 0 spiro atoms. The highest BCUT2D eigenvalue weighted by Crippen LogP contribution is 2.64. The van der Waals surface area contributed by atoms with Crippen LogP contribution in [0.2, 0.25) is 10.0 Å². The number of aryl methyl sites for hydroxylation is 2. The Morgan fingerprint density at radius 1 is 0.844 bits per heavy atom. The van der Waals surface area contributed by atoms with Gasteiger partial charge >= 0.3 is 0 Å². The normalized spacial score (nSPS) is 29.1. The van der Waals surface area contributed by atoms with Crippen molar-refractivity contribution in [3.63, 3.8) is 0 Å². The number of phenolic OH excluding ortho intramolecular Hbond substituents is 1. The minimum Gasteiger partial charge on any atom is -0.507 e. The number of hydrogen-bond acceptors (Lipinski definition) is 5. The molecular formula is C35H29Cl2FN2O5. The van der Waals surface area contributed by atoms with Crippen molar-refractivity contribution in [2.24, 2.45) is 29.1 Å². The van der Waals surface area contributed by atoms with E-state index in [0.29, 0.717) is 21.8 Å². The lowest BCUT2D eigenvalue weighted by Gasteiger charge is -2.49. The number of para-hydroxylation sites is 1. The maximum atomic E-state index is 14.5. The van der Waals surface area contributed by atoms with Crippen LogP contribution >= 0.6 is 23.2 Å². The van der Waals surface area contributed by atoms with Gasteiger partial charge in [0.05, 0.1) is 39.6 Å². The van der Waals surface area contributed by atoms with Crippen molar-refractivity contribution < 1.29 is 28.7 Å². The van der Waals surface area contributed by atoms with E-state index >= 15 is 0 Å². The zero-order chi connectivity index (χ0) is 32.1. The minimum absolute atomic E-state index is 0.000535. The number of carbonyl (C=O) groups is 4. The molecule has 45 heavy (non-hydrogen) atoms. The molecule has 6 atom stereocenters. The van der Waals surface area contributed by atoms with E-state index in [1.807, 2.05) is 13.0 Å². The Hall–Kier alpha value is -4.01. The Morgan fingerprint density at radius 2 is 1.53 bits per heavy atom. The number of nitrogens with zero attached hydrogens (tertiary/aromatic N) is 2. The van der Waals surface area contributed by atoms with Gasteiger partial charge in [-0.3, -0.25) is 19.2 Å². The molecule has 6 unspecified atom stereocenters. The van der Waals surface area contributed by atoms with E-state index in [2.05, 4.69) is 0 Å². The largest absolute Gasteiger partial charge is 0.507 e. The predicted molar refractivity (Wildman–Crippen MR) is 168 cm³/mol. The summed E-state index contributed by atoms with van der Waals surface area (Å²) in [5, 5.41) is 11.6. The first-order chi connectivity index (χ1) is 21.4. The van der Waals surface area contributed by atoms with Crippen molar-refractivity contribution >= 4 is 58.2 Å². The molecule has 2 saturated heterocycles. The molecule has 7 nitrogen and oxygen atoms in total. The molecule has 0 radical (unpaired) electrons. The van der Waals surface area contributed by atoms with Crippen LogP contribution in [0.5, 0.6) is 5.75 Å². The number of anilines is 2. The fraction of sp³-hybridized carbons (Fsp3) is 0.314. The van der Waals surface area contributed by atoms with Crippen molar-refractivity contribution in [1.29, 1.82) is 0 Å². The highest BCUT2D eigenvalue weighted by Gasteiger charge is 2.68. The Kier molecular flexibility index (Phi) is 6.77. The van der Waals surface area contributed by atoms with Crippen molar-refractivity contribution in [2.45, 2.75) is 39.5 Å². The second-order valence-corrected chi connectivity index (χ2v) is 13.5. The third-order valence-electron chi connectivity index (χ3n) is 10.4. The first-order valence-corrected chi connectivity index (χ1v) is 15.6. The van der Waals surface area contributed by atoms with Crippen LogP contribution in [0.15, 0.2) is 66.2 Å². The van der Waals surface area contributed by atoms with Gasteiger partial charge in [-0.05, 0) is 81.0 Å². The smallest absolute Gasteiger partial charge is 0.241 e. The number of hydrogen-bond donors (Lipinski definition) is 1.